The van der Waals surface area contributed by atoms with Crippen LogP contribution in [0.2, 0.25) is 5.02 Å². The fourth-order valence-corrected chi connectivity index (χ4v) is 2.15. The summed E-state index contributed by atoms with van der Waals surface area (Å²) in [6, 6.07) is 4.39. The molecular weight excluding hydrogens is 369 g/mol. The van der Waals surface area contributed by atoms with Crippen LogP contribution in [0.25, 0.3) is 0 Å². The summed E-state index contributed by atoms with van der Waals surface area (Å²) >= 11 is 7.66. The van der Waals surface area contributed by atoms with Crippen molar-refractivity contribution in [1.29, 1.82) is 0 Å². The van der Waals surface area contributed by atoms with Gasteiger partial charge in [-0.2, -0.15) is 0 Å². The predicted molar refractivity (Wildman–Crippen MR) is 76.5 cm³/mol. The Kier molecular flexibility index (Phi) is 4.01. The number of halogens is 3. The third-order valence-corrected chi connectivity index (χ3v) is 4.03. The van der Waals surface area contributed by atoms with Gasteiger partial charge in [0.1, 0.15) is 5.82 Å². The second-order valence-corrected chi connectivity index (χ2v) is 5.31. The van der Waals surface area contributed by atoms with Crippen LogP contribution in [0, 0.1) is 16.3 Å². The molecule has 0 unspecified atom stereocenters. The van der Waals surface area contributed by atoms with E-state index in [2.05, 4.69) is 4.98 Å². The summed E-state index contributed by atoms with van der Waals surface area (Å²) in [7, 11) is 0. The van der Waals surface area contributed by atoms with Gasteiger partial charge in [-0.15, -0.1) is 0 Å². The largest absolute Gasteiger partial charge is 0.294 e. The second kappa shape index (κ2) is 5.36. The Labute approximate surface area is 122 Å². The lowest BCUT2D eigenvalue weighted by Crippen LogP contribution is -2.24. The van der Waals surface area contributed by atoms with E-state index in [4.69, 9.17) is 11.6 Å². The van der Waals surface area contributed by atoms with Gasteiger partial charge < -0.3 is 0 Å². The maximum Gasteiger partial charge on any atom is 0.267 e. The van der Waals surface area contributed by atoms with Crippen LogP contribution in [0.4, 0.5) is 4.39 Å². The second-order valence-electron chi connectivity index (χ2n) is 3.83. The predicted octanol–water partition coefficient (Wildman–Crippen LogP) is 3.00. The number of hydrogen-bond acceptors (Lipinski definition) is 2. The highest BCUT2D eigenvalue weighted by Crippen LogP contribution is 2.16. The first-order valence-electron chi connectivity index (χ1n) is 5.14. The van der Waals surface area contributed by atoms with Crippen LogP contribution < -0.4 is 5.56 Å². The zero-order valence-electron chi connectivity index (χ0n) is 9.45. The van der Waals surface area contributed by atoms with E-state index >= 15 is 0 Å². The molecule has 0 radical (unpaired) electrons. The first kappa shape index (κ1) is 13.5. The van der Waals surface area contributed by atoms with Crippen molar-refractivity contribution in [1.82, 2.24) is 9.55 Å². The minimum absolute atomic E-state index is 0.0512. The van der Waals surface area contributed by atoms with Crippen LogP contribution in [0.15, 0.2) is 29.3 Å². The van der Waals surface area contributed by atoms with Crippen molar-refractivity contribution in [2.75, 3.05) is 0 Å². The van der Waals surface area contributed by atoms with Crippen molar-refractivity contribution in [3.8, 4) is 0 Å². The van der Waals surface area contributed by atoms with Gasteiger partial charge in [0.15, 0.2) is 0 Å². The summed E-state index contributed by atoms with van der Waals surface area (Å²) in [6.45, 7) is 2.10. The Balaban J connectivity index is 2.37. The summed E-state index contributed by atoms with van der Waals surface area (Å²) in [4.78, 5) is 16.1. The number of benzene rings is 1. The number of aryl methyl sites for hydroxylation is 1. The molecule has 1 heterocycles. The Hall–Kier alpha value is -0.950. The molecule has 18 heavy (non-hydrogen) atoms. The van der Waals surface area contributed by atoms with Gasteiger partial charge in [-0.05, 0) is 47.2 Å². The number of aromatic nitrogens is 2. The van der Waals surface area contributed by atoms with Crippen molar-refractivity contribution >= 4 is 34.2 Å². The van der Waals surface area contributed by atoms with E-state index in [0.717, 1.165) is 5.56 Å². The normalized spacial score (nSPS) is 10.7. The Morgan fingerprint density at radius 2 is 2.22 bits per heavy atom. The molecule has 3 nitrogen and oxygen atoms in total. The fourth-order valence-electron chi connectivity index (χ4n) is 1.49. The molecule has 0 aliphatic heterocycles. The molecule has 0 aliphatic carbocycles. The van der Waals surface area contributed by atoms with Gasteiger partial charge in [0.2, 0.25) is 0 Å². The maximum atomic E-state index is 13.0. The van der Waals surface area contributed by atoms with Gasteiger partial charge >= 0.3 is 0 Å². The van der Waals surface area contributed by atoms with Gasteiger partial charge in [-0.25, -0.2) is 9.37 Å². The zero-order valence-corrected chi connectivity index (χ0v) is 12.4. The van der Waals surface area contributed by atoms with Crippen LogP contribution in [0.1, 0.15) is 11.3 Å². The minimum atomic E-state index is -0.468. The third kappa shape index (κ3) is 2.72. The quantitative estimate of drug-likeness (QED) is 0.753. The topological polar surface area (TPSA) is 34.9 Å². The molecular formula is C12H9ClFIN2O. The molecule has 1 aromatic heterocycles. The van der Waals surface area contributed by atoms with Crippen molar-refractivity contribution in [2.45, 2.75) is 13.5 Å². The molecule has 0 fully saturated rings. The van der Waals surface area contributed by atoms with E-state index in [0.29, 0.717) is 15.8 Å². The van der Waals surface area contributed by atoms with Crippen LogP contribution in [-0.2, 0) is 6.54 Å². The first-order valence-corrected chi connectivity index (χ1v) is 6.60. The summed E-state index contributed by atoms with van der Waals surface area (Å²) in [6.07, 6.45) is 1.48. The minimum Gasteiger partial charge on any atom is -0.294 e. The van der Waals surface area contributed by atoms with Crippen molar-refractivity contribution in [3.63, 3.8) is 0 Å². The van der Waals surface area contributed by atoms with Crippen LogP contribution >= 0.6 is 34.2 Å². The molecule has 0 aliphatic rings. The molecule has 94 valence electrons. The summed E-state index contributed by atoms with van der Waals surface area (Å²) in [5.74, 6) is -0.468. The van der Waals surface area contributed by atoms with Crippen molar-refractivity contribution in [3.05, 3.63) is 60.5 Å². The van der Waals surface area contributed by atoms with Gasteiger partial charge in [-0.1, -0.05) is 17.7 Å². The fraction of sp³-hybridized carbons (Fsp3) is 0.167. The molecule has 1 aromatic carbocycles. The Bertz CT molecular complexity index is 657. The highest BCUT2D eigenvalue weighted by atomic mass is 127. The van der Waals surface area contributed by atoms with Gasteiger partial charge in [-0.3, -0.25) is 9.36 Å². The molecule has 0 saturated heterocycles. The van der Waals surface area contributed by atoms with E-state index in [-0.39, 0.29) is 10.6 Å². The molecule has 0 N–H and O–H groups in total. The van der Waals surface area contributed by atoms with Crippen LogP contribution in [0.5, 0.6) is 0 Å². The Morgan fingerprint density at radius 3 is 2.89 bits per heavy atom. The zero-order chi connectivity index (χ0) is 13.3. The van der Waals surface area contributed by atoms with Gasteiger partial charge in [0.05, 0.1) is 27.2 Å². The molecule has 0 atom stereocenters. The Morgan fingerprint density at radius 1 is 1.50 bits per heavy atom. The van der Waals surface area contributed by atoms with E-state index in [1.165, 1.54) is 23.0 Å². The number of nitrogens with zero attached hydrogens (tertiary/aromatic N) is 2. The SMILES string of the molecule is Cc1ncn(Cc2ccc(F)c(Cl)c2)c(=O)c1I. The van der Waals surface area contributed by atoms with Crippen LogP contribution in [0.3, 0.4) is 0 Å². The monoisotopic (exact) mass is 378 g/mol. The lowest BCUT2D eigenvalue weighted by Gasteiger charge is -2.07. The molecule has 2 aromatic rings. The number of rotatable bonds is 2. The standard InChI is InChI=1S/C12H9ClFIN2O/c1-7-11(15)12(18)17(6-16-7)5-8-2-3-10(14)9(13)4-8/h2-4,6H,5H2,1H3. The molecule has 0 amide bonds. The van der Waals surface area contributed by atoms with E-state index < -0.39 is 5.82 Å². The van der Waals surface area contributed by atoms with Crippen LogP contribution in [-0.4, -0.2) is 9.55 Å². The summed E-state index contributed by atoms with van der Waals surface area (Å²) in [5, 5.41) is 0.0512. The van der Waals surface area contributed by atoms with E-state index in [1.54, 1.807) is 13.0 Å². The molecule has 6 heteroatoms. The third-order valence-electron chi connectivity index (χ3n) is 2.49. The van der Waals surface area contributed by atoms with Gasteiger partial charge in [0, 0.05) is 0 Å². The average molecular weight is 379 g/mol. The van der Waals surface area contributed by atoms with E-state index in [9.17, 15) is 9.18 Å². The number of hydrogen-bond donors (Lipinski definition) is 0. The lowest BCUT2D eigenvalue weighted by atomic mass is 10.2. The van der Waals surface area contributed by atoms with E-state index in [1.807, 2.05) is 22.6 Å². The lowest BCUT2D eigenvalue weighted by molar-refractivity contribution is 0.626. The summed E-state index contributed by atoms with van der Waals surface area (Å²) < 4.78 is 15.1. The van der Waals surface area contributed by atoms with Gasteiger partial charge in [0.25, 0.3) is 5.56 Å². The molecule has 2 rings (SSSR count). The van der Waals surface area contributed by atoms with Crippen molar-refractivity contribution in [2.24, 2.45) is 0 Å². The highest BCUT2D eigenvalue weighted by Gasteiger charge is 2.07. The maximum absolute atomic E-state index is 13.0. The summed E-state index contributed by atoms with van der Waals surface area (Å²) in [5.41, 5.74) is 1.35. The smallest absolute Gasteiger partial charge is 0.267 e. The first-order chi connectivity index (χ1) is 8.49. The molecule has 0 spiro atoms. The highest BCUT2D eigenvalue weighted by molar-refractivity contribution is 14.1. The average Bonchev–Trinajstić information content (AvgIpc) is 2.34. The molecule has 0 saturated carbocycles. The van der Waals surface area contributed by atoms with Crippen molar-refractivity contribution < 1.29 is 4.39 Å². The molecule has 0 bridgehead atoms.